The maximum Gasteiger partial charge on any atom is 0.157 e. The van der Waals surface area contributed by atoms with Gasteiger partial charge in [-0.2, -0.15) is 0 Å². The molecule has 0 atom stereocenters. The smallest absolute Gasteiger partial charge is 0.157 e. The molecule has 22 heavy (non-hydrogen) atoms. The molecule has 0 radical (unpaired) electrons. The number of phenols is 1. The Morgan fingerprint density at radius 2 is 1.41 bits per heavy atom. The number of para-hydroxylation sites is 1. The molecule has 0 aromatic heterocycles. The Morgan fingerprint density at radius 3 is 1.86 bits per heavy atom. The molecule has 1 rings (SSSR count). The van der Waals surface area contributed by atoms with Crippen LogP contribution in [0, 0.1) is 0 Å². The molecular formula is C19H34O2P+. The molecule has 3 heteroatoms. The van der Waals surface area contributed by atoms with E-state index in [0.717, 1.165) is 25.4 Å². The second-order valence-corrected chi connectivity index (χ2v) is 13.4. The van der Waals surface area contributed by atoms with Crippen LogP contribution in [-0.4, -0.2) is 33.3 Å². The lowest BCUT2D eigenvalue weighted by molar-refractivity contribution is 0.284. The monoisotopic (exact) mass is 325 g/mol. The van der Waals surface area contributed by atoms with Crippen molar-refractivity contribution in [2.24, 2.45) is 0 Å². The van der Waals surface area contributed by atoms with E-state index in [1.807, 2.05) is 12.1 Å². The highest BCUT2D eigenvalue weighted by atomic mass is 31.2. The van der Waals surface area contributed by atoms with Gasteiger partial charge in [0.15, 0.2) is 5.75 Å². The molecule has 126 valence electrons. The molecule has 0 saturated heterocycles. The minimum absolute atomic E-state index is 0.128. The Bertz CT molecular complexity index is 455. The number of hydrogen-bond acceptors (Lipinski definition) is 2. The second kappa shape index (κ2) is 7.32. The summed E-state index contributed by atoms with van der Waals surface area (Å²) < 4.78 is 0. The molecule has 0 spiro atoms. The fourth-order valence-electron chi connectivity index (χ4n) is 3.94. The molecule has 0 aliphatic carbocycles. The molecule has 0 unspecified atom stereocenters. The summed E-state index contributed by atoms with van der Waals surface area (Å²) in [7, 11) is -1.63. The first-order valence-corrected chi connectivity index (χ1v) is 10.3. The third-order valence-electron chi connectivity index (χ3n) is 4.73. The van der Waals surface area contributed by atoms with Gasteiger partial charge >= 0.3 is 0 Å². The van der Waals surface area contributed by atoms with Crippen LogP contribution in [0.2, 0.25) is 0 Å². The molecule has 0 saturated carbocycles. The number of unbranched alkanes of at least 4 members (excludes halogenated alkanes) is 2. The van der Waals surface area contributed by atoms with Gasteiger partial charge in [-0.3, -0.25) is 0 Å². The first-order valence-electron chi connectivity index (χ1n) is 8.35. The zero-order valence-corrected chi connectivity index (χ0v) is 16.1. The van der Waals surface area contributed by atoms with Crippen molar-refractivity contribution < 1.29 is 10.2 Å². The van der Waals surface area contributed by atoms with Crippen molar-refractivity contribution in [1.82, 2.24) is 0 Å². The summed E-state index contributed by atoms with van der Waals surface area (Å²) in [6.45, 7) is 14.2. The number of aliphatic hydroxyl groups excluding tert-OH is 1. The van der Waals surface area contributed by atoms with Gasteiger partial charge in [0, 0.05) is 6.61 Å². The van der Waals surface area contributed by atoms with E-state index in [2.05, 4.69) is 53.7 Å². The fraction of sp³-hybridized carbons (Fsp3) is 0.684. The van der Waals surface area contributed by atoms with Crippen molar-refractivity contribution in [3.05, 3.63) is 24.3 Å². The van der Waals surface area contributed by atoms with Gasteiger partial charge in [-0.1, -0.05) is 12.1 Å². The van der Waals surface area contributed by atoms with Crippen LogP contribution in [0.3, 0.4) is 0 Å². The predicted octanol–water partition coefficient (Wildman–Crippen LogP) is 4.79. The average Bonchev–Trinajstić information content (AvgIpc) is 2.37. The van der Waals surface area contributed by atoms with Gasteiger partial charge < -0.3 is 10.2 Å². The zero-order chi connectivity index (χ0) is 17.0. The van der Waals surface area contributed by atoms with Crippen LogP contribution in [0.1, 0.15) is 60.8 Å². The molecule has 0 heterocycles. The molecule has 1 aromatic carbocycles. The van der Waals surface area contributed by atoms with Crippen molar-refractivity contribution in [3.8, 4) is 5.75 Å². The van der Waals surface area contributed by atoms with E-state index < -0.39 is 7.26 Å². The molecular weight excluding hydrogens is 291 g/mol. The van der Waals surface area contributed by atoms with E-state index in [4.69, 9.17) is 5.11 Å². The van der Waals surface area contributed by atoms with Gasteiger partial charge in [0.2, 0.25) is 0 Å². The summed E-state index contributed by atoms with van der Waals surface area (Å²) in [6.07, 6.45) is 4.15. The van der Waals surface area contributed by atoms with Crippen molar-refractivity contribution >= 4 is 12.6 Å². The zero-order valence-electron chi connectivity index (χ0n) is 15.2. The van der Waals surface area contributed by atoms with Crippen molar-refractivity contribution in [1.29, 1.82) is 0 Å². The largest absolute Gasteiger partial charge is 0.504 e. The Balaban J connectivity index is 3.38. The minimum atomic E-state index is -1.63. The van der Waals surface area contributed by atoms with E-state index in [0.29, 0.717) is 5.75 Å². The fourth-order valence-corrected chi connectivity index (χ4v) is 10.5. The highest BCUT2D eigenvalue weighted by Gasteiger charge is 2.59. The van der Waals surface area contributed by atoms with Crippen LogP contribution in [-0.2, 0) is 0 Å². The van der Waals surface area contributed by atoms with E-state index in [1.165, 1.54) is 5.30 Å². The lowest BCUT2D eigenvalue weighted by Gasteiger charge is -2.47. The number of benzene rings is 1. The summed E-state index contributed by atoms with van der Waals surface area (Å²) in [5.41, 5.74) is 0. The third-order valence-corrected chi connectivity index (χ3v) is 11.5. The maximum absolute atomic E-state index is 10.6. The van der Waals surface area contributed by atoms with Gasteiger partial charge in [-0.25, -0.2) is 0 Å². The Morgan fingerprint density at radius 1 is 0.864 bits per heavy atom. The van der Waals surface area contributed by atoms with Crippen molar-refractivity contribution in [3.63, 3.8) is 0 Å². The maximum atomic E-state index is 10.6. The average molecular weight is 325 g/mol. The standard InChI is InChI=1S/C19H33O2P/c1-18(2,3)22(19(4,5)6,15-11-7-10-14-20)17-13-9-8-12-16(17)21/h8-9,12-13,20H,7,10-11,14-15H2,1-6H3/p+1. The number of rotatable bonds is 6. The Hall–Kier alpha value is -0.590. The third kappa shape index (κ3) is 3.84. The van der Waals surface area contributed by atoms with Crippen LogP contribution in [0.25, 0.3) is 0 Å². The molecule has 2 nitrogen and oxygen atoms in total. The summed E-state index contributed by atoms with van der Waals surface area (Å²) in [5.74, 6) is 0.447. The van der Waals surface area contributed by atoms with Crippen LogP contribution >= 0.6 is 7.26 Å². The summed E-state index contributed by atoms with van der Waals surface area (Å²) >= 11 is 0. The van der Waals surface area contributed by atoms with Crippen LogP contribution in [0.15, 0.2) is 24.3 Å². The quantitative estimate of drug-likeness (QED) is 0.583. The lowest BCUT2D eigenvalue weighted by atomic mass is 10.2. The molecule has 0 aliphatic rings. The summed E-state index contributed by atoms with van der Waals surface area (Å²) in [4.78, 5) is 0. The lowest BCUT2D eigenvalue weighted by Crippen LogP contribution is -2.42. The van der Waals surface area contributed by atoms with Crippen molar-refractivity contribution in [2.45, 2.75) is 71.1 Å². The van der Waals surface area contributed by atoms with Crippen molar-refractivity contribution in [2.75, 3.05) is 12.8 Å². The van der Waals surface area contributed by atoms with Gasteiger partial charge in [-0.15, -0.1) is 0 Å². The normalized spacial score (nSPS) is 13.4. The molecule has 2 N–H and O–H groups in total. The van der Waals surface area contributed by atoms with E-state index in [-0.39, 0.29) is 16.9 Å². The Kier molecular flexibility index (Phi) is 6.47. The molecule has 0 fully saturated rings. The molecule has 1 aromatic rings. The number of phenolic OH excluding ortho intramolecular Hbond substituents is 1. The van der Waals surface area contributed by atoms with Crippen LogP contribution < -0.4 is 5.30 Å². The second-order valence-electron chi connectivity index (χ2n) is 8.15. The van der Waals surface area contributed by atoms with Crippen LogP contribution in [0.4, 0.5) is 0 Å². The van der Waals surface area contributed by atoms with Gasteiger partial charge in [0.1, 0.15) is 5.30 Å². The SMILES string of the molecule is CC(C)(C)[P+](CCCCCO)(c1ccccc1O)C(C)(C)C. The number of aromatic hydroxyl groups is 1. The van der Waals surface area contributed by atoms with Gasteiger partial charge in [0.05, 0.1) is 23.7 Å². The Labute approximate surface area is 137 Å². The van der Waals surface area contributed by atoms with Gasteiger partial charge in [0.25, 0.3) is 0 Å². The van der Waals surface area contributed by atoms with E-state index in [9.17, 15) is 5.11 Å². The first kappa shape index (κ1) is 19.5. The highest BCUT2D eigenvalue weighted by molar-refractivity contribution is 7.85. The highest BCUT2D eigenvalue weighted by Crippen LogP contribution is 2.76. The van der Waals surface area contributed by atoms with E-state index in [1.54, 1.807) is 0 Å². The predicted molar refractivity (Wildman–Crippen MR) is 100.0 cm³/mol. The van der Waals surface area contributed by atoms with Gasteiger partial charge in [-0.05, 0) is 72.9 Å². The summed E-state index contributed by atoms with van der Waals surface area (Å²) in [6, 6.07) is 7.92. The van der Waals surface area contributed by atoms with E-state index >= 15 is 0 Å². The van der Waals surface area contributed by atoms with Crippen LogP contribution in [0.5, 0.6) is 5.75 Å². The molecule has 0 aliphatic heterocycles. The number of hydrogen-bond donors (Lipinski definition) is 2. The molecule has 0 bridgehead atoms. The minimum Gasteiger partial charge on any atom is -0.504 e. The topological polar surface area (TPSA) is 40.5 Å². The molecule has 0 amide bonds. The summed E-state index contributed by atoms with van der Waals surface area (Å²) in [5, 5.41) is 21.0. The number of aliphatic hydroxyl groups is 1. The first-order chi connectivity index (χ1) is 10.1.